The Hall–Kier alpha value is 0.01000. The molecule has 1 aliphatic rings. The molecule has 2 nitrogen and oxygen atoms in total. The molecule has 2 atom stereocenters. The maximum Gasteiger partial charge on any atom is 0.0624 e. The van der Waals surface area contributed by atoms with Crippen molar-refractivity contribution in [2.45, 2.75) is 5.37 Å². The standard InChI is InChI=1S/C5H10N2S/c6-3-4-1-2-8-5(4)7/h1-2,4-5H,3,6-7H2. The van der Waals surface area contributed by atoms with Gasteiger partial charge < -0.3 is 11.5 Å². The van der Waals surface area contributed by atoms with Crippen LogP contribution >= 0.6 is 11.8 Å². The highest BCUT2D eigenvalue weighted by molar-refractivity contribution is 8.02. The number of nitrogens with two attached hydrogens (primary N) is 2. The van der Waals surface area contributed by atoms with Crippen molar-refractivity contribution in [2.75, 3.05) is 6.54 Å². The molecule has 1 aliphatic heterocycles. The van der Waals surface area contributed by atoms with E-state index in [0.717, 1.165) is 0 Å². The summed E-state index contributed by atoms with van der Waals surface area (Å²) in [6.45, 7) is 0.671. The number of rotatable bonds is 1. The Bertz CT molecular complexity index is 103. The van der Waals surface area contributed by atoms with Crippen molar-refractivity contribution >= 4 is 11.8 Å². The minimum absolute atomic E-state index is 0.208. The minimum atomic E-state index is 0.208. The maximum absolute atomic E-state index is 5.61. The summed E-state index contributed by atoms with van der Waals surface area (Å²) < 4.78 is 0. The average molecular weight is 130 g/mol. The molecule has 1 rings (SSSR count). The van der Waals surface area contributed by atoms with Gasteiger partial charge in [0.25, 0.3) is 0 Å². The van der Waals surface area contributed by atoms with E-state index in [0.29, 0.717) is 12.5 Å². The van der Waals surface area contributed by atoms with Gasteiger partial charge in [-0.05, 0) is 5.41 Å². The SMILES string of the molecule is NCC1C=CSC1N. The quantitative estimate of drug-likeness (QED) is 0.529. The van der Waals surface area contributed by atoms with Gasteiger partial charge in [0.2, 0.25) is 0 Å². The van der Waals surface area contributed by atoms with Gasteiger partial charge in [0, 0.05) is 12.5 Å². The summed E-state index contributed by atoms with van der Waals surface area (Å²) in [5.74, 6) is 0.403. The molecule has 0 saturated heterocycles. The Morgan fingerprint density at radius 2 is 2.38 bits per heavy atom. The summed E-state index contributed by atoms with van der Waals surface area (Å²) in [5.41, 5.74) is 11.0. The van der Waals surface area contributed by atoms with Crippen molar-refractivity contribution in [1.82, 2.24) is 0 Å². The van der Waals surface area contributed by atoms with Gasteiger partial charge in [0.15, 0.2) is 0 Å². The van der Waals surface area contributed by atoms with E-state index in [1.54, 1.807) is 11.8 Å². The number of thioether (sulfide) groups is 1. The minimum Gasteiger partial charge on any atom is -0.330 e. The van der Waals surface area contributed by atoms with E-state index < -0.39 is 0 Å². The molecule has 0 bridgehead atoms. The highest BCUT2D eigenvalue weighted by atomic mass is 32.2. The lowest BCUT2D eigenvalue weighted by Crippen LogP contribution is -2.27. The lowest BCUT2D eigenvalue weighted by Gasteiger charge is -2.08. The Kier molecular flexibility index (Phi) is 1.94. The molecule has 2 unspecified atom stereocenters. The van der Waals surface area contributed by atoms with Crippen LogP contribution in [0.3, 0.4) is 0 Å². The van der Waals surface area contributed by atoms with Crippen LogP contribution in [-0.4, -0.2) is 11.9 Å². The van der Waals surface area contributed by atoms with Crippen LogP contribution < -0.4 is 11.5 Å². The lowest BCUT2D eigenvalue weighted by molar-refractivity contribution is 0.648. The predicted octanol–water partition coefficient (Wildman–Crippen LogP) is 0.107. The second kappa shape index (κ2) is 2.53. The van der Waals surface area contributed by atoms with E-state index >= 15 is 0 Å². The fraction of sp³-hybridized carbons (Fsp3) is 0.600. The maximum atomic E-state index is 5.61. The average Bonchev–Trinajstić information content (AvgIpc) is 2.14. The second-order valence-corrected chi connectivity index (χ2v) is 2.92. The van der Waals surface area contributed by atoms with Crippen LogP contribution in [0, 0.1) is 5.92 Å². The first-order valence-electron chi connectivity index (χ1n) is 2.62. The molecule has 0 aliphatic carbocycles. The van der Waals surface area contributed by atoms with Crippen molar-refractivity contribution in [2.24, 2.45) is 17.4 Å². The van der Waals surface area contributed by atoms with Crippen LogP contribution in [0.25, 0.3) is 0 Å². The summed E-state index contributed by atoms with van der Waals surface area (Å²) in [6.07, 6.45) is 2.06. The molecule has 0 amide bonds. The molecule has 4 N–H and O–H groups in total. The fourth-order valence-corrected chi connectivity index (χ4v) is 1.54. The highest BCUT2D eigenvalue weighted by Crippen LogP contribution is 2.24. The molecule has 0 spiro atoms. The smallest absolute Gasteiger partial charge is 0.0624 e. The van der Waals surface area contributed by atoms with Crippen molar-refractivity contribution in [3.63, 3.8) is 0 Å². The third kappa shape index (κ3) is 1.05. The van der Waals surface area contributed by atoms with Gasteiger partial charge >= 0.3 is 0 Å². The summed E-state index contributed by atoms with van der Waals surface area (Å²) in [4.78, 5) is 0. The normalized spacial score (nSPS) is 36.2. The zero-order chi connectivity index (χ0) is 5.98. The summed E-state index contributed by atoms with van der Waals surface area (Å²) in [7, 11) is 0. The van der Waals surface area contributed by atoms with Crippen LogP contribution in [0.2, 0.25) is 0 Å². The first-order chi connectivity index (χ1) is 3.84. The van der Waals surface area contributed by atoms with Crippen molar-refractivity contribution in [3.05, 3.63) is 11.5 Å². The largest absolute Gasteiger partial charge is 0.330 e. The van der Waals surface area contributed by atoms with Gasteiger partial charge in [-0.15, -0.1) is 11.8 Å². The summed E-state index contributed by atoms with van der Waals surface area (Å²) >= 11 is 1.65. The van der Waals surface area contributed by atoms with Gasteiger partial charge in [-0.25, -0.2) is 0 Å². The third-order valence-corrected chi connectivity index (χ3v) is 2.23. The van der Waals surface area contributed by atoms with Gasteiger partial charge in [0.05, 0.1) is 5.37 Å². The molecule has 0 aromatic rings. The molecular formula is C5H10N2S. The Balaban J connectivity index is 2.41. The molecule has 0 aromatic carbocycles. The summed E-state index contributed by atoms with van der Waals surface area (Å²) in [6, 6.07) is 0. The Morgan fingerprint density at radius 1 is 1.62 bits per heavy atom. The van der Waals surface area contributed by atoms with Crippen LogP contribution in [0.4, 0.5) is 0 Å². The van der Waals surface area contributed by atoms with Gasteiger partial charge in [-0.1, -0.05) is 6.08 Å². The van der Waals surface area contributed by atoms with Crippen LogP contribution in [0.15, 0.2) is 11.5 Å². The van der Waals surface area contributed by atoms with Crippen molar-refractivity contribution < 1.29 is 0 Å². The molecule has 0 aromatic heterocycles. The van der Waals surface area contributed by atoms with E-state index in [9.17, 15) is 0 Å². The summed E-state index contributed by atoms with van der Waals surface area (Å²) in [5, 5.41) is 2.22. The van der Waals surface area contributed by atoms with Gasteiger partial charge in [0.1, 0.15) is 0 Å². The molecule has 46 valence electrons. The first kappa shape index (κ1) is 6.13. The van der Waals surface area contributed by atoms with E-state index in [1.165, 1.54) is 0 Å². The lowest BCUT2D eigenvalue weighted by atomic mass is 10.1. The van der Waals surface area contributed by atoms with Gasteiger partial charge in [-0.3, -0.25) is 0 Å². The number of hydrogen-bond acceptors (Lipinski definition) is 3. The molecule has 0 fully saturated rings. The van der Waals surface area contributed by atoms with E-state index in [2.05, 4.69) is 6.08 Å². The molecule has 8 heavy (non-hydrogen) atoms. The van der Waals surface area contributed by atoms with Crippen LogP contribution in [-0.2, 0) is 0 Å². The van der Waals surface area contributed by atoms with Gasteiger partial charge in [-0.2, -0.15) is 0 Å². The monoisotopic (exact) mass is 130 g/mol. The zero-order valence-corrected chi connectivity index (χ0v) is 5.40. The topological polar surface area (TPSA) is 52.0 Å². The van der Waals surface area contributed by atoms with E-state index in [1.807, 2.05) is 5.41 Å². The zero-order valence-electron chi connectivity index (χ0n) is 4.58. The van der Waals surface area contributed by atoms with Crippen molar-refractivity contribution in [1.29, 1.82) is 0 Å². The number of hydrogen-bond donors (Lipinski definition) is 2. The second-order valence-electron chi connectivity index (χ2n) is 1.83. The van der Waals surface area contributed by atoms with Crippen LogP contribution in [0.5, 0.6) is 0 Å². The molecule has 3 heteroatoms. The predicted molar refractivity (Wildman–Crippen MR) is 37.3 cm³/mol. The molecular weight excluding hydrogens is 120 g/mol. The van der Waals surface area contributed by atoms with Crippen LogP contribution in [0.1, 0.15) is 0 Å². The molecule has 1 heterocycles. The third-order valence-electron chi connectivity index (χ3n) is 1.26. The molecule has 0 radical (unpaired) electrons. The Labute approximate surface area is 53.3 Å². The fourth-order valence-electron chi connectivity index (χ4n) is 0.660. The molecule has 0 saturated carbocycles. The van der Waals surface area contributed by atoms with Crippen molar-refractivity contribution in [3.8, 4) is 0 Å². The first-order valence-corrected chi connectivity index (χ1v) is 3.56. The van der Waals surface area contributed by atoms with E-state index in [-0.39, 0.29) is 5.37 Å². The Morgan fingerprint density at radius 3 is 2.62 bits per heavy atom. The van der Waals surface area contributed by atoms with E-state index in [4.69, 9.17) is 11.5 Å². The highest BCUT2D eigenvalue weighted by Gasteiger charge is 2.16.